The molecule has 0 aromatic carbocycles. The average Bonchev–Trinajstić information content (AvgIpc) is 2.57. The van der Waals surface area contributed by atoms with Crippen LogP contribution in [-0.2, 0) is 9.47 Å². The molecule has 11 nitrogen and oxygen atoms in total. The molecule has 1 fully saturated rings. The van der Waals surface area contributed by atoms with E-state index in [0.717, 1.165) is 0 Å². The molecule has 0 radical (unpaired) electrons. The van der Waals surface area contributed by atoms with E-state index >= 15 is 0 Å². The number of hydrogen-bond donors (Lipinski definition) is 9. The van der Waals surface area contributed by atoms with E-state index in [9.17, 15) is 25.5 Å². The van der Waals surface area contributed by atoms with Crippen molar-refractivity contribution in [2.45, 2.75) is 55.0 Å². The molecule has 11 heteroatoms. The van der Waals surface area contributed by atoms with Gasteiger partial charge in [0.25, 0.3) is 0 Å². The lowest BCUT2D eigenvalue weighted by Crippen LogP contribution is -2.65. The lowest BCUT2D eigenvalue weighted by atomic mass is 9.96. The van der Waals surface area contributed by atoms with Crippen LogP contribution in [0.5, 0.6) is 0 Å². The highest BCUT2D eigenvalue weighted by Gasteiger charge is 2.45. The third-order valence-corrected chi connectivity index (χ3v) is 3.86. The summed E-state index contributed by atoms with van der Waals surface area (Å²) in [4.78, 5) is 0. The Morgan fingerprint density at radius 2 is 1.70 bits per heavy atom. The molecule has 9 atom stereocenters. The minimum atomic E-state index is -1.57. The van der Waals surface area contributed by atoms with Crippen LogP contribution < -0.4 is 17.2 Å². The summed E-state index contributed by atoms with van der Waals surface area (Å²) in [5, 5.41) is 57.5. The first-order valence-corrected chi connectivity index (χ1v) is 7.24. The first kappa shape index (κ1) is 20.6. The molecular formula is C12H27N3O8. The minimum Gasteiger partial charge on any atom is -0.394 e. The van der Waals surface area contributed by atoms with Gasteiger partial charge in [0.2, 0.25) is 0 Å². The molecule has 0 aromatic rings. The van der Waals surface area contributed by atoms with Crippen molar-refractivity contribution in [3.05, 3.63) is 0 Å². The molecule has 0 amide bonds. The van der Waals surface area contributed by atoms with Crippen molar-refractivity contribution in [1.82, 2.24) is 0 Å². The summed E-state index contributed by atoms with van der Waals surface area (Å²) in [5.41, 5.74) is 16.7. The fourth-order valence-corrected chi connectivity index (χ4v) is 2.30. The highest BCUT2D eigenvalue weighted by molar-refractivity contribution is 4.94. The molecule has 0 unspecified atom stereocenters. The number of ether oxygens (including phenoxy) is 2. The van der Waals surface area contributed by atoms with Crippen LogP contribution in [0.4, 0.5) is 0 Å². The number of nitrogens with two attached hydrogens (primary N) is 3. The van der Waals surface area contributed by atoms with E-state index in [0.29, 0.717) is 0 Å². The van der Waals surface area contributed by atoms with E-state index in [1.54, 1.807) is 0 Å². The summed E-state index contributed by atoms with van der Waals surface area (Å²) in [6.45, 7) is -1.48. The van der Waals surface area contributed by atoms with Gasteiger partial charge in [-0.2, -0.15) is 0 Å². The van der Waals surface area contributed by atoms with Crippen molar-refractivity contribution in [3.8, 4) is 0 Å². The van der Waals surface area contributed by atoms with Crippen molar-refractivity contribution >= 4 is 0 Å². The van der Waals surface area contributed by atoms with E-state index in [1.807, 2.05) is 0 Å². The summed E-state index contributed by atoms with van der Waals surface area (Å²) in [6.07, 6.45) is -9.54. The molecule has 0 saturated carbocycles. The molecule has 0 bridgehead atoms. The van der Waals surface area contributed by atoms with Crippen molar-refractivity contribution in [2.24, 2.45) is 17.2 Å². The SMILES string of the molecule is NC[C@@H](O)[C@H](O[C@H]1O[C@H](CO)[C@@H](N)[C@H](O)[C@H]1O)[C@H](N)[C@H](O)CO. The van der Waals surface area contributed by atoms with Gasteiger partial charge in [-0.15, -0.1) is 0 Å². The molecule has 0 aromatic heterocycles. The summed E-state index contributed by atoms with van der Waals surface area (Å²) in [6, 6.07) is -2.28. The Morgan fingerprint density at radius 1 is 1.09 bits per heavy atom. The Balaban J connectivity index is 2.89. The van der Waals surface area contributed by atoms with Crippen molar-refractivity contribution in [1.29, 1.82) is 0 Å². The molecule has 0 aliphatic carbocycles. The molecule has 1 saturated heterocycles. The van der Waals surface area contributed by atoms with Gasteiger partial charge in [0.1, 0.15) is 24.4 Å². The highest BCUT2D eigenvalue weighted by Crippen LogP contribution is 2.23. The quantitative estimate of drug-likeness (QED) is 0.202. The largest absolute Gasteiger partial charge is 0.394 e. The number of aliphatic hydroxyl groups excluding tert-OH is 6. The highest BCUT2D eigenvalue weighted by atomic mass is 16.7. The van der Waals surface area contributed by atoms with E-state index in [2.05, 4.69) is 0 Å². The molecule has 138 valence electrons. The molecular weight excluding hydrogens is 314 g/mol. The fraction of sp³-hybridized carbons (Fsp3) is 1.00. The minimum absolute atomic E-state index is 0.273. The van der Waals surface area contributed by atoms with Gasteiger partial charge >= 0.3 is 0 Å². The van der Waals surface area contributed by atoms with Gasteiger partial charge in [-0.05, 0) is 0 Å². The van der Waals surface area contributed by atoms with Crippen molar-refractivity contribution in [2.75, 3.05) is 19.8 Å². The zero-order valence-electron chi connectivity index (χ0n) is 12.5. The van der Waals surface area contributed by atoms with Gasteiger partial charge in [0.05, 0.1) is 37.5 Å². The molecule has 12 N–H and O–H groups in total. The molecule has 1 rings (SSSR count). The van der Waals surface area contributed by atoms with Crippen LogP contribution in [0, 0.1) is 0 Å². The zero-order chi connectivity index (χ0) is 17.7. The number of aliphatic hydroxyl groups is 6. The molecule has 1 aliphatic rings. The van der Waals surface area contributed by atoms with Gasteiger partial charge in [0.15, 0.2) is 6.29 Å². The normalized spacial score (nSPS) is 37.2. The van der Waals surface area contributed by atoms with Crippen LogP contribution in [0.2, 0.25) is 0 Å². The predicted molar refractivity (Wildman–Crippen MR) is 76.7 cm³/mol. The lowest BCUT2D eigenvalue weighted by Gasteiger charge is -2.43. The Hall–Kier alpha value is -0.440. The van der Waals surface area contributed by atoms with Crippen LogP contribution in [0.15, 0.2) is 0 Å². The van der Waals surface area contributed by atoms with Crippen molar-refractivity contribution < 1.29 is 40.1 Å². The third kappa shape index (κ3) is 4.78. The molecule has 1 aliphatic heterocycles. The van der Waals surface area contributed by atoms with E-state index in [1.165, 1.54) is 0 Å². The summed E-state index contributed by atoms with van der Waals surface area (Å²) in [5.74, 6) is 0. The van der Waals surface area contributed by atoms with Gasteiger partial charge in [-0.1, -0.05) is 0 Å². The maximum atomic E-state index is 9.97. The van der Waals surface area contributed by atoms with E-state index < -0.39 is 68.2 Å². The van der Waals surface area contributed by atoms with Gasteiger partial charge in [-0.25, -0.2) is 0 Å². The number of rotatable bonds is 8. The van der Waals surface area contributed by atoms with Gasteiger partial charge in [-0.3, -0.25) is 0 Å². The second-order valence-corrected chi connectivity index (χ2v) is 5.52. The first-order chi connectivity index (χ1) is 10.8. The molecule has 23 heavy (non-hydrogen) atoms. The summed E-state index contributed by atoms with van der Waals surface area (Å²) in [7, 11) is 0. The average molecular weight is 341 g/mol. The maximum Gasteiger partial charge on any atom is 0.187 e. The Morgan fingerprint density at radius 3 is 2.17 bits per heavy atom. The topological polar surface area (TPSA) is 218 Å². The van der Waals surface area contributed by atoms with Crippen molar-refractivity contribution in [3.63, 3.8) is 0 Å². The van der Waals surface area contributed by atoms with E-state index in [4.69, 9.17) is 31.8 Å². The fourth-order valence-electron chi connectivity index (χ4n) is 2.30. The molecule has 0 spiro atoms. The standard InChI is InChI=1S/C12H27N3O8/c13-1-4(18)11(7(14)5(19)2-16)23-12-10(21)9(20)8(15)6(3-17)22-12/h4-12,16-21H,1-3,13-15H2/t4-,5-,6-,7-,8-,9+,10-,11+,12-/m1/s1. The van der Waals surface area contributed by atoms with Gasteiger partial charge < -0.3 is 57.3 Å². The van der Waals surface area contributed by atoms with Crippen LogP contribution in [0.25, 0.3) is 0 Å². The monoisotopic (exact) mass is 341 g/mol. The van der Waals surface area contributed by atoms with Gasteiger partial charge in [0, 0.05) is 6.54 Å². The van der Waals surface area contributed by atoms with Crippen LogP contribution >= 0.6 is 0 Å². The Labute approximate surface area is 133 Å². The van der Waals surface area contributed by atoms with Crippen LogP contribution in [0.1, 0.15) is 0 Å². The van der Waals surface area contributed by atoms with Crippen LogP contribution in [-0.4, -0.2) is 105 Å². The first-order valence-electron chi connectivity index (χ1n) is 7.24. The summed E-state index contributed by atoms with van der Waals surface area (Å²) >= 11 is 0. The smallest absolute Gasteiger partial charge is 0.187 e. The summed E-state index contributed by atoms with van der Waals surface area (Å²) < 4.78 is 10.6. The second kappa shape index (κ2) is 9.15. The maximum absolute atomic E-state index is 9.97. The zero-order valence-corrected chi connectivity index (χ0v) is 12.5. The lowest BCUT2D eigenvalue weighted by molar-refractivity contribution is -0.300. The third-order valence-electron chi connectivity index (χ3n) is 3.86. The Kier molecular flexibility index (Phi) is 8.20. The molecule has 1 heterocycles. The Bertz CT molecular complexity index is 350. The van der Waals surface area contributed by atoms with Crippen LogP contribution in [0.3, 0.4) is 0 Å². The second-order valence-electron chi connectivity index (χ2n) is 5.52. The predicted octanol–water partition coefficient (Wildman–Crippen LogP) is -5.86. The number of hydrogen-bond acceptors (Lipinski definition) is 11. The van der Waals surface area contributed by atoms with E-state index in [-0.39, 0.29) is 6.54 Å².